The van der Waals surface area contributed by atoms with E-state index in [1.165, 1.54) is 100 Å². The Labute approximate surface area is 306 Å². The van der Waals surface area contributed by atoms with Crippen molar-refractivity contribution < 1.29 is 0 Å². The molecule has 0 saturated carbocycles. The predicted octanol–water partition coefficient (Wildman–Crippen LogP) is 14.1. The number of benzene rings is 6. The fraction of sp³-hybridized carbons (Fsp3) is 0.265. The lowest BCUT2D eigenvalue weighted by Gasteiger charge is -2.28. The van der Waals surface area contributed by atoms with Crippen molar-refractivity contribution in [3.63, 3.8) is 0 Å². The molecule has 0 saturated heterocycles. The van der Waals surface area contributed by atoms with Crippen LogP contribution in [-0.2, 0) is 24.7 Å². The Kier molecular flexibility index (Phi) is 10.1. The molecule has 2 nitrogen and oxygen atoms in total. The molecule has 258 valence electrons. The zero-order valence-corrected chi connectivity index (χ0v) is 31.1. The summed E-state index contributed by atoms with van der Waals surface area (Å²) in [7, 11) is 0. The molecule has 0 atom stereocenters. The van der Waals surface area contributed by atoms with Gasteiger partial charge in [0.25, 0.3) is 0 Å². The summed E-state index contributed by atoms with van der Waals surface area (Å²) < 4.78 is 0. The second-order valence-corrected chi connectivity index (χ2v) is 15.3. The van der Waals surface area contributed by atoms with Crippen molar-refractivity contribution in [2.75, 3.05) is 9.80 Å². The van der Waals surface area contributed by atoms with Crippen molar-refractivity contribution >= 4 is 34.1 Å². The first kappa shape index (κ1) is 34.4. The first-order valence-electron chi connectivity index (χ1n) is 19.0. The summed E-state index contributed by atoms with van der Waals surface area (Å²) in [4.78, 5) is 4.76. The Balaban J connectivity index is 1.17. The molecule has 0 heterocycles. The SMILES string of the molecule is CCCCCCc1ccc(N(c2ccc(-c3ccc(N(c4ccc(C)cc4)c4ccc5c(c4)CC5)cc3)cc2)c2ccc(C(C)(C)C)cc2)cc1. The van der Waals surface area contributed by atoms with E-state index in [0.717, 1.165) is 17.8 Å². The number of fused-ring (bicyclic) bond motifs is 1. The molecule has 0 unspecified atom stereocenters. The van der Waals surface area contributed by atoms with Gasteiger partial charge < -0.3 is 9.80 Å². The van der Waals surface area contributed by atoms with Crippen molar-refractivity contribution in [3.05, 3.63) is 167 Å². The van der Waals surface area contributed by atoms with Crippen LogP contribution in [0.1, 0.15) is 81.2 Å². The highest BCUT2D eigenvalue weighted by Gasteiger charge is 2.19. The molecule has 1 aliphatic carbocycles. The standard InChI is InChI=1S/C49H52N2/c1-6-7-8-9-10-37-13-26-44(27-14-37)50(47-33-22-42(23-34-47)49(3,4)5)45-28-17-38(18-29-45)39-19-30-46(31-20-39)51(43-24-11-36(2)12-25-43)48-32-21-40-15-16-41(40)35-48/h11-14,17-35H,6-10,15-16H2,1-5H3. The van der Waals surface area contributed by atoms with E-state index >= 15 is 0 Å². The highest BCUT2D eigenvalue weighted by Crippen LogP contribution is 2.40. The van der Waals surface area contributed by atoms with Gasteiger partial charge in [-0.25, -0.2) is 0 Å². The van der Waals surface area contributed by atoms with E-state index in [2.05, 4.69) is 184 Å². The normalized spacial score (nSPS) is 12.3. The van der Waals surface area contributed by atoms with Crippen molar-refractivity contribution in [2.45, 2.75) is 85.0 Å². The molecule has 0 fully saturated rings. The summed E-state index contributed by atoms with van der Waals surface area (Å²) in [6, 6.07) is 52.2. The van der Waals surface area contributed by atoms with Gasteiger partial charge in [-0.05, 0) is 144 Å². The maximum absolute atomic E-state index is 2.38. The van der Waals surface area contributed by atoms with Crippen LogP contribution in [0.2, 0.25) is 0 Å². The summed E-state index contributed by atoms with van der Waals surface area (Å²) in [5, 5.41) is 0. The van der Waals surface area contributed by atoms with E-state index < -0.39 is 0 Å². The molecular formula is C49H52N2. The van der Waals surface area contributed by atoms with Crippen molar-refractivity contribution in [3.8, 4) is 11.1 Å². The lowest BCUT2D eigenvalue weighted by atomic mass is 9.87. The van der Waals surface area contributed by atoms with Gasteiger partial charge in [0.15, 0.2) is 0 Å². The first-order valence-corrected chi connectivity index (χ1v) is 19.0. The Hall–Kier alpha value is -5.08. The smallest absolute Gasteiger partial charge is 0.0464 e. The van der Waals surface area contributed by atoms with Gasteiger partial charge >= 0.3 is 0 Å². The lowest BCUT2D eigenvalue weighted by molar-refractivity contribution is 0.590. The van der Waals surface area contributed by atoms with Crippen molar-refractivity contribution in [1.82, 2.24) is 0 Å². The molecule has 0 N–H and O–H groups in total. The summed E-state index contributed by atoms with van der Waals surface area (Å²) in [6.07, 6.45) is 8.66. The van der Waals surface area contributed by atoms with Crippen LogP contribution in [0.15, 0.2) is 140 Å². The average molecular weight is 669 g/mol. The van der Waals surface area contributed by atoms with Gasteiger partial charge in [0.2, 0.25) is 0 Å². The molecule has 51 heavy (non-hydrogen) atoms. The number of hydrogen-bond donors (Lipinski definition) is 0. The monoisotopic (exact) mass is 668 g/mol. The Bertz CT molecular complexity index is 2030. The van der Waals surface area contributed by atoms with Crippen LogP contribution in [0.4, 0.5) is 34.1 Å². The number of nitrogens with zero attached hydrogens (tertiary/aromatic N) is 2. The first-order chi connectivity index (χ1) is 24.8. The maximum Gasteiger partial charge on any atom is 0.0464 e. The molecule has 6 aromatic rings. The topological polar surface area (TPSA) is 6.48 Å². The maximum atomic E-state index is 2.38. The fourth-order valence-electron chi connectivity index (χ4n) is 7.19. The number of aryl methyl sites for hydroxylation is 4. The van der Waals surface area contributed by atoms with Crippen LogP contribution in [0.25, 0.3) is 11.1 Å². The van der Waals surface area contributed by atoms with E-state index in [0.29, 0.717) is 0 Å². The second kappa shape index (κ2) is 15.0. The van der Waals surface area contributed by atoms with E-state index in [1.54, 1.807) is 0 Å². The molecular weight excluding hydrogens is 617 g/mol. The minimum Gasteiger partial charge on any atom is -0.311 e. The molecule has 0 spiro atoms. The van der Waals surface area contributed by atoms with Crippen LogP contribution >= 0.6 is 0 Å². The quantitative estimate of drug-likeness (QED) is 0.120. The zero-order valence-electron chi connectivity index (χ0n) is 31.1. The van der Waals surface area contributed by atoms with Crippen LogP contribution < -0.4 is 9.80 Å². The van der Waals surface area contributed by atoms with Gasteiger partial charge in [0, 0.05) is 34.1 Å². The minimum absolute atomic E-state index is 0.110. The predicted molar refractivity (Wildman–Crippen MR) is 220 cm³/mol. The third-order valence-corrected chi connectivity index (χ3v) is 10.5. The largest absolute Gasteiger partial charge is 0.311 e. The molecule has 0 aliphatic heterocycles. The van der Waals surface area contributed by atoms with Crippen LogP contribution in [0.3, 0.4) is 0 Å². The van der Waals surface area contributed by atoms with Gasteiger partial charge in [-0.2, -0.15) is 0 Å². The molecule has 0 radical (unpaired) electrons. The van der Waals surface area contributed by atoms with Gasteiger partial charge in [0.1, 0.15) is 0 Å². The van der Waals surface area contributed by atoms with Crippen molar-refractivity contribution in [2.24, 2.45) is 0 Å². The van der Waals surface area contributed by atoms with Crippen LogP contribution in [-0.4, -0.2) is 0 Å². The Morgan fingerprint density at radius 3 is 1.39 bits per heavy atom. The van der Waals surface area contributed by atoms with E-state index in [9.17, 15) is 0 Å². The third kappa shape index (κ3) is 7.81. The van der Waals surface area contributed by atoms with E-state index in [1.807, 2.05) is 0 Å². The van der Waals surface area contributed by atoms with Crippen LogP contribution in [0, 0.1) is 6.92 Å². The molecule has 6 aromatic carbocycles. The molecule has 0 bridgehead atoms. The minimum atomic E-state index is 0.110. The molecule has 0 aromatic heterocycles. The number of hydrogen-bond acceptors (Lipinski definition) is 2. The molecule has 7 rings (SSSR count). The number of unbranched alkanes of at least 4 members (excludes halogenated alkanes) is 3. The molecule has 2 heteroatoms. The number of anilines is 6. The van der Waals surface area contributed by atoms with E-state index in [4.69, 9.17) is 0 Å². The van der Waals surface area contributed by atoms with Gasteiger partial charge in [-0.1, -0.05) is 119 Å². The van der Waals surface area contributed by atoms with Gasteiger partial charge in [0.05, 0.1) is 0 Å². The molecule has 0 amide bonds. The number of rotatable bonds is 12. The fourth-order valence-corrected chi connectivity index (χ4v) is 7.19. The zero-order chi connectivity index (χ0) is 35.4. The van der Waals surface area contributed by atoms with Crippen molar-refractivity contribution in [1.29, 1.82) is 0 Å². The highest BCUT2D eigenvalue weighted by molar-refractivity contribution is 5.81. The Morgan fingerprint density at radius 1 is 0.471 bits per heavy atom. The third-order valence-electron chi connectivity index (χ3n) is 10.5. The summed E-state index contributed by atoms with van der Waals surface area (Å²) in [5.41, 5.74) is 16.6. The van der Waals surface area contributed by atoms with Gasteiger partial charge in [-0.15, -0.1) is 0 Å². The summed E-state index contributed by atoms with van der Waals surface area (Å²) in [5.74, 6) is 0. The lowest BCUT2D eigenvalue weighted by Crippen LogP contribution is -2.13. The molecule has 1 aliphatic rings. The van der Waals surface area contributed by atoms with Crippen LogP contribution in [0.5, 0.6) is 0 Å². The van der Waals surface area contributed by atoms with Gasteiger partial charge in [-0.3, -0.25) is 0 Å². The summed E-state index contributed by atoms with van der Waals surface area (Å²) in [6.45, 7) is 11.2. The summed E-state index contributed by atoms with van der Waals surface area (Å²) >= 11 is 0. The second-order valence-electron chi connectivity index (χ2n) is 15.3. The Morgan fingerprint density at radius 2 is 0.922 bits per heavy atom. The highest BCUT2D eigenvalue weighted by atomic mass is 15.1. The van der Waals surface area contributed by atoms with E-state index in [-0.39, 0.29) is 5.41 Å². The average Bonchev–Trinajstić information content (AvgIpc) is 3.13.